The second kappa shape index (κ2) is 5.25. The van der Waals surface area contributed by atoms with E-state index < -0.39 is 12.0 Å². The number of Topliss-reactive ketones (excluding diaryl/α,β-unsaturated/α-hetero) is 1. The SMILES string of the molecule is CCC(C)(C)C(=O)c1ccccc1OC(F)F. The molecule has 1 aromatic rings. The topological polar surface area (TPSA) is 26.3 Å². The standard InChI is InChI=1S/C13H16F2O2/c1-4-13(2,3)11(16)9-7-5-6-8-10(9)17-12(14)15/h5-8,12H,4H2,1-3H3. The lowest BCUT2D eigenvalue weighted by molar-refractivity contribution is -0.0502. The summed E-state index contributed by atoms with van der Waals surface area (Å²) in [5, 5.41) is 0. The van der Waals surface area contributed by atoms with Crippen molar-refractivity contribution in [3.05, 3.63) is 29.8 Å². The fourth-order valence-electron chi connectivity index (χ4n) is 1.38. The number of benzene rings is 1. The van der Waals surface area contributed by atoms with Gasteiger partial charge in [-0.2, -0.15) is 8.78 Å². The largest absolute Gasteiger partial charge is 0.434 e. The van der Waals surface area contributed by atoms with Crippen LogP contribution in [-0.2, 0) is 0 Å². The molecule has 0 N–H and O–H groups in total. The van der Waals surface area contributed by atoms with Gasteiger partial charge in [0.2, 0.25) is 0 Å². The van der Waals surface area contributed by atoms with Gasteiger partial charge in [-0.1, -0.05) is 32.9 Å². The molecule has 0 aliphatic heterocycles. The molecule has 0 aliphatic rings. The molecule has 0 spiro atoms. The number of ketones is 1. The normalized spacial score (nSPS) is 11.6. The Bertz CT molecular complexity index is 400. The Morgan fingerprint density at radius 2 is 1.94 bits per heavy atom. The predicted octanol–water partition coefficient (Wildman–Crippen LogP) is 3.91. The van der Waals surface area contributed by atoms with E-state index in [1.54, 1.807) is 26.0 Å². The first-order valence-electron chi connectivity index (χ1n) is 5.47. The zero-order valence-electron chi connectivity index (χ0n) is 10.2. The van der Waals surface area contributed by atoms with Gasteiger partial charge >= 0.3 is 6.61 Å². The molecule has 0 saturated carbocycles. The van der Waals surface area contributed by atoms with E-state index in [4.69, 9.17) is 0 Å². The molecule has 0 aromatic heterocycles. The summed E-state index contributed by atoms with van der Waals surface area (Å²) in [5.41, 5.74) is -0.374. The number of halogens is 2. The van der Waals surface area contributed by atoms with Crippen molar-refractivity contribution < 1.29 is 18.3 Å². The van der Waals surface area contributed by atoms with Gasteiger partial charge in [0.1, 0.15) is 5.75 Å². The Balaban J connectivity index is 3.09. The zero-order valence-corrected chi connectivity index (χ0v) is 10.2. The summed E-state index contributed by atoms with van der Waals surface area (Å²) in [5.74, 6) is -0.245. The maximum absolute atomic E-state index is 12.2. The van der Waals surface area contributed by atoms with Crippen molar-refractivity contribution in [3.63, 3.8) is 0 Å². The Morgan fingerprint density at radius 1 is 1.35 bits per heavy atom. The van der Waals surface area contributed by atoms with Gasteiger partial charge in [0.25, 0.3) is 0 Å². The number of carbonyl (C=O) groups excluding carboxylic acids is 1. The molecule has 0 fully saturated rings. The van der Waals surface area contributed by atoms with Gasteiger partial charge in [0.05, 0.1) is 5.56 Å². The molecule has 17 heavy (non-hydrogen) atoms. The van der Waals surface area contributed by atoms with Gasteiger partial charge in [0, 0.05) is 5.41 Å². The summed E-state index contributed by atoms with van der Waals surface area (Å²) >= 11 is 0. The van der Waals surface area contributed by atoms with Crippen molar-refractivity contribution in [2.45, 2.75) is 33.8 Å². The summed E-state index contributed by atoms with van der Waals surface area (Å²) in [4.78, 5) is 12.2. The second-order valence-electron chi connectivity index (χ2n) is 4.44. The second-order valence-corrected chi connectivity index (χ2v) is 4.44. The summed E-state index contributed by atoms with van der Waals surface area (Å²) in [7, 11) is 0. The van der Waals surface area contributed by atoms with E-state index in [-0.39, 0.29) is 17.1 Å². The maximum Gasteiger partial charge on any atom is 0.387 e. The van der Waals surface area contributed by atoms with Gasteiger partial charge < -0.3 is 4.74 Å². The Morgan fingerprint density at radius 3 is 2.47 bits per heavy atom. The van der Waals surface area contributed by atoms with E-state index >= 15 is 0 Å². The number of rotatable bonds is 5. The van der Waals surface area contributed by atoms with Gasteiger partial charge in [-0.25, -0.2) is 0 Å². The number of hydrogen-bond acceptors (Lipinski definition) is 2. The minimum Gasteiger partial charge on any atom is -0.434 e. The predicted molar refractivity (Wildman–Crippen MR) is 61.5 cm³/mol. The van der Waals surface area contributed by atoms with Crippen LogP contribution in [0, 0.1) is 5.41 Å². The van der Waals surface area contributed by atoms with Gasteiger partial charge in [0.15, 0.2) is 5.78 Å². The fourth-order valence-corrected chi connectivity index (χ4v) is 1.38. The van der Waals surface area contributed by atoms with Crippen molar-refractivity contribution in [1.29, 1.82) is 0 Å². The average Bonchev–Trinajstić information content (AvgIpc) is 2.28. The molecule has 0 amide bonds. The van der Waals surface area contributed by atoms with Gasteiger partial charge in [-0.15, -0.1) is 0 Å². The molecular formula is C13H16F2O2. The molecule has 0 unspecified atom stereocenters. The lowest BCUT2D eigenvalue weighted by Crippen LogP contribution is -2.24. The third kappa shape index (κ3) is 3.25. The molecule has 0 bridgehead atoms. The van der Waals surface area contributed by atoms with E-state index in [2.05, 4.69) is 4.74 Å². The Labute approximate surface area is 99.6 Å². The molecule has 0 radical (unpaired) electrons. The van der Waals surface area contributed by atoms with Crippen LogP contribution in [-0.4, -0.2) is 12.4 Å². The smallest absolute Gasteiger partial charge is 0.387 e. The number of ether oxygens (including phenoxy) is 1. The Kier molecular flexibility index (Phi) is 4.21. The van der Waals surface area contributed by atoms with Crippen LogP contribution >= 0.6 is 0 Å². The molecule has 94 valence electrons. The van der Waals surface area contributed by atoms with Crippen LogP contribution in [0.2, 0.25) is 0 Å². The highest BCUT2D eigenvalue weighted by atomic mass is 19.3. The average molecular weight is 242 g/mol. The van der Waals surface area contributed by atoms with Crippen molar-refractivity contribution in [3.8, 4) is 5.75 Å². The highest BCUT2D eigenvalue weighted by molar-refractivity contribution is 6.02. The minimum atomic E-state index is -2.92. The minimum absolute atomic E-state index is 0.0611. The number of carbonyl (C=O) groups is 1. The third-order valence-electron chi connectivity index (χ3n) is 2.85. The number of para-hydroxylation sites is 1. The molecule has 2 nitrogen and oxygen atoms in total. The molecular weight excluding hydrogens is 226 g/mol. The summed E-state index contributed by atoms with van der Waals surface area (Å²) in [6.45, 7) is 2.53. The van der Waals surface area contributed by atoms with Crippen LogP contribution in [0.1, 0.15) is 37.6 Å². The number of hydrogen-bond donors (Lipinski definition) is 0. The van der Waals surface area contributed by atoms with E-state index in [1.165, 1.54) is 12.1 Å². The van der Waals surface area contributed by atoms with Crippen molar-refractivity contribution in [2.24, 2.45) is 5.41 Å². The monoisotopic (exact) mass is 242 g/mol. The molecule has 1 aromatic carbocycles. The zero-order chi connectivity index (χ0) is 13.1. The number of alkyl halides is 2. The van der Waals surface area contributed by atoms with Crippen LogP contribution in [0.25, 0.3) is 0 Å². The lowest BCUT2D eigenvalue weighted by Gasteiger charge is -2.22. The van der Waals surface area contributed by atoms with Gasteiger partial charge in [-0.05, 0) is 18.6 Å². The fraction of sp³-hybridized carbons (Fsp3) is 0.462. The Hall–Kier alpha value is -1.45. The molecule has 0 atom stereocenters. The van der Waals surface area contributed by atoms with Crippen molar-refractivity contribution >= 4 is 5.78 Å². The lowest BCUT2D eigenvalue weighted by atomic mass is 9.82. The first-order valence-corrected chi connectivity index (χ1v) is 5.47. The first kappa shape index (κ1) is 13.6. The molecule has 0 heterocycles. The van der Waals surface area contributed by atoms with Crippen molar-refractivity contribution in [1.82, 2.24) is 0 Å². The molecule has 1 rings (SSSR count). The summed E-state index contributed by atoms with van der Waals surface area (Å²) in [6, 6.07) is 6.09. The van der Waals surface area contributed by atoms with Crippen LogP contribution in [0.3, 0.4) is 0 Å². The van der Waals surface area contributed by atoms with E-state index in [0.717, 1.165) is 0 Å². The van der Waals surface area contributed by atoms with E-state index in [0.29, 0.717) is 6.42 Å². The van der Waals surface area contributed by atoms with Crippen LogP contribution in [0.15, 0.2) is 24.3 Å². The molecule has 0 saturated heterocycles. The molecule has 0 aliphatic carbocycles. The third-order valence-corrected chi connectivity index (χ3v) is 2.85. The van der Waals surface area contributed by atoms with Gasteiger partial charge in [-0.3, -0.25) is 4.79 Å². The maximum atomic E-state index is 12.2. The summed E-state index contributed by atoms with van der Waals surface area (Å²) in [6.07, 6.45) is 0.634. The van der Waals surface area contributed by atoms with Crippen LogP contribution in [0.4, 0.5) is 8.78 Å². The van der Waals surface area contributed by atoms with E-state index in [1.807, 2.05) is 6.92 Å². The highest BCUT2D eigenvalue weighted by Gasteiger charge is 2.29. The van der Waals surface area contributed by atoms with Crippen molar-refractivity contribution in [2.75, 3.05) is 0 Å². The first-order chi connectivity index (χ1) is 7.88. The van der Waals surface area contributed by atoms with E-state index in [9.17, 15) is 13.6 Å². The van der Waals surface area contributed by atoms with Crippen LogP contribution in [0.5, 0.6) is 5.75 Å². The quantitative estimate of drug-likeness (QED) is 0.732. The summed E-state index contributed by atoms with van der Waals surface area (Å²) < 4.78 is 28.8. The highest BCUT2D eigenvalue weighted by Crippen LogP contribution is 2.30. The van der Waals surface area contributed by atoms with Crippen LogP contribution < -0.4 is 4.74 Å². The molecule has 4 heteroatoms.